The van der Waals surface area contributed by atoms with Crippen molar-refractivity contribution in [3.05, 3.63) is 93.4 Å². The Labute approximate surface area is 160 Å². The van der Waals surface area contributed by atoms with Crippen molar-refractivity contribution >= 4 is 15.9 Å². The maximum Gasteiger partial charge on any atom is 0.442 e. The zero-order valence-electron chi connectivity index (χ0n) is 13.7. The molecule has 1 heterocycles. The van der Waals surface area contributed by atoms with Crippen LogP contribution < -0.4 is 5.76 Å². The van der Waals surface area contributed by atoms with Crippen molar-refractivity contribution < 1.29 is 13.2 Å². The topological polar surface area (TPSA) is 48.0 Å². The minimum absolute atomic E-state index is 0.410. The van der Waals surface area contributed by atoms with Gasteiger partial charge in [0.1, 0.15) is 17.2 Å². The van der Waals surface area contributed by atoms with Crippen LogP contribution in [-0.4, -0.2) is 9.78 Å². The van der Waals surface area contributed by atoms with Crippen LogP contribution in [0.2, 0.25) is 0 Å². The van der Waals surface area contributed by atoms with E-state index in [2.05, 4.69) is 21.0 Å². The minimum Gasteiger partial charge on any atom is -0.387 e. The van der Waals surface area contributed by atoms with Gasteiger partial charge in [0.15, 0.2) is 0 Å². The van der Waals surface area contributed by atoms with Crippen LogP contribution in [0.1, 0.15) is 0 Å². The third-order valence-corrected chi connectivity index (χ3v) is 4.54. The quantitative estimate of drug-likeness (QED) is 0.450. The molecule has 0 N–H and O–H groups in total. The third kappa shape index (κ3) is 3.33. The second kappa shape index (κ2) is 6.92. The lowest BCUT2D eigenvalue weighted by Gasteiger charge is -2.04. The van der Waals surface area contributed by atoms with Crippen LogP contribution in [0.15, 0.2) is 80.4 Å². The predicted octanol–water partition coefficient (Wildman–Crippen LogP) is 5.20. The molecule has 0 fully saturated rings. The molecule has 0 unspecified atom stereocenters. The first-order valence-corrected chi connectivity index (χ1v) is 8.73. The largest absolute Gasteiger partial charge is 0.442 e. The second-order valence-corrected chi connectivity index (χ2v) is 6.65. The van der Waals surface area contributed by atoms with E-state index in [-0.39, 0.29) is 0 Å². The van der Waals surface area contributed by atoms with Crippen LogP contribution in [0.3, 0.4) is 0 Å². The number of aromatic nitrogens is 2. The molecule has 3 aromatic carbocycles. The Hall–Kier alpha value is -3.06. The fourth-order valence-electron chi connectivity index (χ4n) is 2.68. The number of nitrogens with zero attached hydrogens (tertiary/aromatic N) is 2. The van der Waals surface area contributed by atoms with Gasteiger partial charge < -0.3 is 4.42 Å². The van der Waals surface area contributed by atoms with E-state index in [9.17, 15) is 13.6 Å². The Bertz CT molecular complexity index is 1150. The van der Waals surface area contributed by atoms with Gasteiger partial charge >= 0.3 is 5.76 Å². The summed E-state index contributed by atoms with van der Waals surface area (Å²) in [7, 11) is 0. The summed E-state index contributed by atoms with van der Waals surface area (Å²) >= 11 is 3.39. The number of halogens is 3. The number of rotatable bonds is 3. The van der Waals surface area contributed by atoms with Gasteiger partial charge in [-0.2, -0.15) is 4.68 Å². The highest BCUT2D eigenvalue weighted by Gasteiger charge is 2.19. The maximum absolute atomic E-state index is 13.9. The summed E-state index contributed by atoms with van der Waals surface area (Å²) in [4.78, 5) is 12.1. The molecular weight excluding hydrogens is 418 g/mol. The zero-order chi connectivity index (χ0) is 19.0. The van der Waals surface area contributed by atoms with E-state index < -0.39 is 28.8 Å². The van der Waals surface area contributed by atoms with Gasteiger partial charge in [0.05, 0.1) is 5.69 Å². The van der Waals surface area contributed by atoms with Gasteiger partial charge in [-0.3, -0.25) is 0 Å². The van der Waals surface area contributed by atoms with Crippen molar-refractivity contribution in [3.8, 4) is 28.3 Å². The third-order valence-electron chi connectivity index (χ3n) is 4.01. The van der Waals surface area contributed by atoms with Crippen LogP contribution in [0.25, 0.3) is 28.3 Å². The second-order valence-electron chi connectivity index (χ2n) is 5.74. The van der Waals surface area contributed by atoms with Gasteiger partial charge in [-0.05, 0) is 47.5 Å². The molecule has 0 bridgehead atoms. The summed E-state index contributed by atoms with van der Waals surface area (Å²) in [5.41, 5.74) is 1.90. The average molecular weight is 429 g/mol. The minimum atomic E-state index is -0.853. The molecule has 0 saturated heterocycles. The maximum atomic E-state index is 13.9. The number of benzene rings is 3. The Balaban J connectivity index is 1.71. The van der Waals surface area contributed by atoms with E-state index in [1.165, 1.54) is 6.07 Å². The number of hydrogen-bond donors (Lipinski definition) is 0. The summed E-state index contributed by atoms with van der Waals surface area (Å²) in [6.07, 6.45) is 0. The van der Waals surface area contributed by atoms with E-state index in [0.717, 1.165) is 32.4 Å². The summed E-state index contributed by atoms with van der Waals surface area (Å²) in [5.74, 6) is -2.94. The van der Waals surface area contributed by atoms with Gasteiger partial charge in [0.2, 0.25) is 0 Å². The van der Waals surface area contributed by atoms with Crippen molar-refractivity contribution in [1.29, 1.82) is 0 Å². The summed E-state index contributed by atoms with van der Waals surface area (Å²) < 4.78 is 34.7. The van der Waals surface area contributed by atoms with Crippen molar-refractivity contribution in [1.82, 2.24) is 9.78 Å². The van der Waals surface area contributed by atoms with Crippen LogP contribution in [0.5, 0.6) is 0 Å². The fourth-order valence-corrected chi connectivity index (χ4v) is 2.95. The van der Waals surface area contributed by atoms with Gasteiger partial charge in [-0.15, -0.1) is 5.10 Å². The first-order valence-electron chi connectivity index (χ1n) is 7.94. The lowest BCUT2D eigenvalue weighted by molar-refractivity contribution is 0.504. The molecule has 0 atom stereocenters. The van der Waals surface area contributed by atoms with Crippen LogP contribution in [0.4, 0.5) is 8.78 Å². The lowest BCUT2D eigenvalue weighted by atomic mass is 10.1. The summed E-state index contributed by atoms with van der Waals surface area (Å²) in [6.45, 7) is 0. The molecule has 0 amide bonds. The summed E-state index contributed by atoms with van der Waals surface area (Å²) in [6, 6.07) is 18.2. The van der Waals surface area contributed by atoms with Crippen LogP contribution in [-0.2, 0) is 0 Å². The molecule has 27 heavy (non-hydrogen) atoms. The molecule has 4 rings (SSSR count). The standard InChI is InChI=1S/C20H11BrF2N2O2/c21-14-8-4-12(5-9-14)13-6-10-15(11-7-13)25-20(26)27-19(24-25)18-16(22)2-1-3-17(18)23/h1-11H. The molecule has 0 saturated carbocycles. The van der Waals surface area contributed by atoms with E-state index >= 15 is 0 Å². The normalized spacial score (nSPS) is 10.9. The molecule has 1 aromatic heterocycles. The van der Waals surface area contributed by atoms with Crippen LogP contribution >= 0.6 is 15.9 Å². The Morgan fingerprint density at radius 1 is 0.852 bits per heavy atom. The highest BCUT2D eigenvalue weighted by molar-refractivity contribution is 9.10. The molecule has 0 radical (unpaired) electrons. The molecule has 0 aliphatic rings. The van der Waals surface area contributed by atoms with Gasteiger partial charge in [-0.25, -0.2) is 13.6 Å². The monoisotopic (exact) mass is 428 g/mol. The zero-order valence-corrected chi connectivity index (χ0v) is 15.3. The Kier molecular flexibility index (Phi) is 4.45. The molecule has 134 valence electrons. The Morgan fingerprint density at radius 2 is 1.41 bits per heavy atom. The highest BCUT2D eigenvalue weighted by atomic mass is 79.9. The predicted molar refractivity (Wildman–Crippen MR) is 101 cm³/mol. The van der Waals surface area contributed by atoms with Crippen molar-refractivity contribution in [3.63, 3.8) is 0 Å². The first-order chi connectivity index (χ1) is 13.0. The van der Waals surface area contributed by atoms with E-state index in [0.29, 0.717) is 5.69 Å². The average Bonchev–Trinajstić information content (AvgIpc) is 3.04. The number of hydrogen-bond acceptors (Lipinski definition) is 3. The molecule has 7 heteroatoms. The molecule has 0 aliphatic heterocycles. The highest BCUT2D eigenvalue weighted by Crippen LogP contribution is 2.25. The Morgan fingerprint density at radius 3 is 2.00 bits per heavy atom. The van der Waals surface area contributed by atoms with E-state index in [1.54, 1.807) is 12.1 Å². The van der Waals surface area contributed by atoms with Gasteiger partial charge in [0, 0.05) is 4.47 Å². The molecule has 4 aromatic rings. The van der Waals surface area contributed by atoms with E-state index in [4.69, 9.17) is 4.42 Å². The molecule has 4 nitrogen and oxygen atoms in total. The first kappa shape index (κ1) is 17.4. The van der Waals surface area contributed by atoms with Crippen molar-refractivity contribution in [2.75, 3.05) is 0 Å². The van der Waals surface area contributed by atoms with Gasteiger partial charge in [0.25, 0.3) is 5.89 Å². The van der Waals surface area contributed by atoms with Gasteiger partial charge in [-0.1, -0.05) is 46.3 Å². The smallest absolute Gasteiger partial charge is 0.387 e. The SMILES string of the molecule is O=c1oc(-c2c(F)cccc2F)nn1-c1ccc(-c2ccc(Br)cc2)cc1. The fraction of sp³-hybridized carbons (Fsp3) is 0. The van der Waals surface area contributed by atoms with E-state index in [1.807, 2.05) is 36.4 Å². The lowest BCUT2D eigenvalue weighted by Crippen LogP contribution is -2.13. The van der Waals surface area contributed by atoms with Crippen molar-refractivity contribution in [2.24, 2.45) is 0 Å². The van der Waals surface area contributed by atoms with Crippen LogP contribution in [0, 0.1) is 11.6 Å². The molecule has 0 aliphatic carbocycles. The molecular formula is C20H11BrF2N2O2. The summed E-state index contributed by atoms with van der Waals surface area (Å²) in [5, 5.41) is 3.94. The van der Waals surface area contributed by atoms with Crippen molar-refractivity contribution in [2.45, 2.75) is 0 Å². The molecule has 0 spiro atoms.